The average molecular weight is 332 g/mol. The van der Waals surface area contributed by atoms with Crippen LogP contribution in [0.15, 0.2) is 0 Å². The molecule has 2 heterocycles. The molecule has 128 valence electrons. The summed E-state index contributed by atoms with van der Waals surface area (Å²) in [6, 6.07) is -0.0850. The molecule has 0 bridgehead atoms. The van der Waals surface area contributed by atoms with Crippen molar-refractivity contribution in [2.45, 2.75) is 19.8 Å². The molecule has 2 aliphatic rings. The molecule has 2 aliphatic heterocycles. The monoisotopic (exact) mass is 332 g/mol. The number of piperazine rings is 1. The summed E-state index contributed by atoms with van der Waals surface area (Å²) >= 11 is 0. The molecule has 22 heavy (non-hydrogen) atoms. The van der Waals surface area contributed by atoms with Crippen molar-refractivity contribution in [3.8, 4) is 0 Å². The van der Waals surface area contributed by atoms with Crippen LogP contribution >= 0.6 is 0 Å². The Morgan fingerprint density at radius 3 is 2.45 bits per heavy atom. The van der Waals surface area contributed by atoms with Gasteiger partial charge in [0.1, 0.15) is 0 Å². The van der Waals surface area contributed by atoms with Gasteiger partial charge in [0.25, 0.3) is 0 Å². The predicted octanol–water partition coefficient (Wildman–Crippen LogP) is 0.00510. The number of carbonyl (C=O) groups is 1. The molecular formula is C14H28N4O3S. The van der Waals surface area contributed by atoms with Crippen LogP contribution in [-0.2, 0) is 10.0 Å². The molecule has 1 N–H and O–H groups in total. The highest BCUT2D eigenvalue weighted by atomic mass is 32.2. The Kier molecular flexibility index (Phi) is 6.05. The Balaban J connectivity index is 1.66. The van der Waals surface area contributed by atoms with E-state index in [-0.39, 0.29) is 6.03 Å². The van der Waals surface area contributed by atoms with E-state index in [1.54, 1.807) is 4.90 Å². The standard InChI is InChI=1S/C14H28N4O3S/c1-13-4-3-6-16(12-13)7-5-15-14(19)17-8-10-18(11-9-17)22(2,20)21/h13H,3-12H2,1-2H3,(H,15,19). The lowest BCUT2D eigenvalue weighted by Gasteiger charge is -2.34. The Hall–Kier alpha value is -0.860. The first-order chi connectivity index (χ1) is 10.4. The van der Waals surface area contributed by atoms with E-state index in [0.717, 1.165) is 25.6 Å². The van der Waals surface area contributed by atoms with Crippen LogP contribution in [0.5, 0.6) is 0 Å². The first-order valence-electron chi connectivity index (χ1n) is 8.06. The molecule has 1 unspecified atom stereocenters. The summed E-state index contributed by atoms with van der Waals surface area (Å²) in [4.78, 5) is 16.2. The molecule has 2 rings (SSSR count). The van der Waals surface area contributed by atoms with Gasteiger partial charge in [-0.15, -0.1) is 0 Å². The fourth-order valence-electron chi connectivity index (χ4n) is 3.15. The van der Waals surface area contributed by atoms with Gasteiger partial charge in [-0.3, -0.25) is 0 Å². The second-order valence-corrected chi connectivity index (χ2v) is 8.41. The fourth-order valence-corrected chi connectivity index (χ4v) is 3.97. The van der Waals surface area contributed by atoms with Gasteiger partial charge in [0.15, 0.2) is 0 Å². The van der Waals surface area contributed by atoms with Gasteiger partial charge in [-0.05, 0) is 25.3 Å². The van der Waals surface area contributed by atoms with E-state index in [9.17, 15) is 13.2 Å². The topological polar surface area (TPSA) is 73.0 Å². The molecule has 0 aromatic heterocycles. The average Bonchev–Trinajstić information content (AvgIpc) is 2.46. The summed E-state index contributed by atoms with van der Waals surface area (Å²) < 4.78 is 24.3. The van der Waals surface area contributed by atoms with Crippen molar-refractivity contribution in [2.24, 2.45) is 5.92 Å². The van der Waals surface area contributed by atoms with Crippen molar-refractivity contribution in [3.05, 3.63) is 0 Å². The lowest BCUT2D eigenvalue weighted by Crippen LogP contribution is -2.53. The van der Waals surface area contributed by atoms with Crippen molar-refractivity contribution in [2.75, 3.05) is 58.6 Å². The van der Waals surface area contributed by atoms with E-state index >= 15 is 0 Å². The molecule has 7 nitrogen and oxygen atoms in total. The van der Waals surface area contributed by atoms with E-state index in [1.165, 1.54) is 23.4 Å². The second-order valence-electron chi connectivity index (χ2n) is 6.43. The van der Waals surface area contributed by atoms with Crippen LogP contribution in [0.25, 0.3) is 0 Å². The minimum absolute atomic E-state index is 0.0850. The summed E-state index contributed by atoms with van der Waals surface area (Å²) in [5, 5.41) is 2.95. The molecule has 8 heteroatoms. The van der Waals surface area contributed by atoms with E-state index in [0.29, 0.717) is 32.7 Å². The van der Waals surface area contributed by atoms with Gasteiger partial charge in [-0.1, -0.05) is 6.92 Å². The number of carbonyl (C=O) groups excluding carboxylic acids is 1. The Bertz CT molecular complexity index is 474. The van der Waals surface area contributed by atoms with Crippen molar-refractivity contribution >= 4 is 16.1 Å². The van der Waals surface area contributed by atoms with E-state index < -0.39 is 10.0 Å². The Morgan fingerprint density at radius 1 is 1.18 bits per heavy atom. The van der Waals surface area contributed by atoms with Crippen LogP contribution in [-0.4, -0.2) is 87.2 Å². The van der Waals surface area contributed by atoms with Crippen molar-refractivity contribution in [1.82, 2.24) is 19.4 Å². The molecule has 2 amide bonds. The highest BCUT2D eigenvalue weighted by Gasteiger charge is 2.25. The minimum Gasteiger partial charge on any atom is -0.337 e. The number of nitrogens with zero attached hydrogens (tertiary/aromatic N) is 3. The number of amides is 2. The van der Waals surface area contributed by atoms with Crippen LogP contribution < -0.4 is 5.32 Å². The molecule has 0 saturated carbocycles. The second kappa shape index (κ2) is 7.61. The zero-order valence-electron chi connectivity index (χ0n) is 13.6. The highest BCUT2D eigenvalue weighted by Crippen LogP contribution is 2.14. The zero-order valence-corrected chi connectivity index (χ0v) is 14.4. The van der Waals surface area contributed by atoms with Gasteiger partial charge in [-0.25, -0.2) is 13.2 Å². The van der Waals surface area contributed by atoms with Crippen LogP contribution in [0.2, 0.25) is 0 Å². The molecule has 2 fully saturated rings. The third-order valence-corrected chi connectivity index (χ3v) is 5.74. The zero-order chi connectivity index (χ0) is 16.2. The maximum absolute atomic E-state index is 12.1. The molecular weight excluding hydrogens is 304 g/mol. The maximum Gasteiger partial charge on any atom is 0.317 e. The van der Waals surface area contributed by atoms with Crippen LogP contribution in [0.3, 0.4) is 0 Å². The number of hydrogen-bond acceptors (Lipinski definition) is 4. The van der Waals surface area contributed by atoms with Crippen molar-refractivity contribution in [1.29, 1.82) is 0 Å². The summed E-state index contributed by atoms with van der Waals surface area (Å²) in [5.41, 5.74) is 0. The van der Waals surface area contributed by atoms with Gasteiger partial charge in [0, 0.05) is 45.8 Å². The first-order valence-corrected chi connectivity index (χ1v) is 9.91. The van der Waals surface area contributed by atoms with E-state index in [4.69, 9.17) is 0 Å². The van der Waals surface area contributed by atoms with Gasteiger partial charge in [0.2, 0.25) is 10.0 Å². The SMILES string of the molecule is CC1CCCN(CCNC(=O)N2CCN(S(C)(=O)=O)CC2)C1. The van der Waals surface area contributed by atoms with Gasteiger partial charge in [-0.2, -0.15) is 4.31 Å². The summed E-state index contributed by atoms with van der Waals surface area (Å²) in [5.74, 6) is 0.744. The lowest BCUT2D eigenvalue weighted by molar-refractivity contribution is 0.164. The molecule has 0 aromatic carbocycles. The number of hydrogen-bond donors (Lipinski definition) is 1. The molecule has 1 atom stereocenters. The lowest BCUT2D eigenvalue weighted by atomic mass is 10.0. The summed E-state index contributed by atoms with van der Waals surface area (Å²) in [6.07, 6.45) is 3.75. The first kappa shape index (κ1) is 17.5. The van der Waals surface area contributed by atoms with E-state index in [2.05, 4.69) is 17.1 Å². The van der Waals surface area contributed by atoms with Crippen LogP contribution in [0, 0.1) is 5.92 Å². The van der Waals surface area contributed by atoms with Crippen molar-refractivity contribution < 1.29 is 13.2 Å². The summed E-state index contributed by atoms with van der Waals surface area (Å²) in [6.45, 7) is 7.73. The van der Waals surface area contributed by atoms with Gasteiger partial charge < -0.3 is 15.1 Å². The smallest absolute Gasteiger partial charge is 0.317 e. The quantitative estimate of drug-likeness (QED) is 0.787. The van der Waals surface area contributed by atoms with Gasteiger partial charge in [0.05, 0.1) is 6.26 Å². The predicted molar refractivity (Wildman–Crippen MR) is 86.2 cm³/mol. The molecule has 0 radical (unpaired) electrons. The number of sulfonamides is 1. The number of piperidine rings is 1. The number of likely N-dealkylation sites (tertiary alicyclic amines) is 1. The largest absolute Gasteiger partial charge is 0.337 e. The number of urea groups is 1. The fraction of sp³-hybridized carbons (Fsp3) is 0.929. The highest BCUT2D eigenvalue weighted by molar-refractivity contribution is 7.88. The van der Waals surface area contributed by atoms with Crippen LogP contribution in [0.1, 0.15) is 19.8 Å². The van der Waals surface area contributed by atoms with Crippen LogP contribution in [0.4, 0.5) is 4.79 Å². The minimum atomic E-state index is -3.14. The van der Waals surface area contributed by atoms with Crippen molar-refractivity contribution in [3.63, 3.8) is 0 Å². The molecule has 2 saturated heterocycles. The third kappa shape index (κ3) is 5.10. The Labute approximate surface area is 133 Å². The normalized spacial score (nSPS) is 25.2. The number of rotatable bonds is 4. The maximum atomic E-state index is 12.1. The Morgan fingerprint density at radius 2 is 1.86 bits per heavy atom. The van der Waals surface area contributed by atoms with Gasteiger partial charge >= 0.3 is 6.03 Å². The molecule has 0 aromatic rings. The molecule has 0 aliphatic carbocycles. The third-order valence-electron chi connectivity index (χ3n) is 4.44. The van der Waals surface area contributed by atoms with E-state index in [1.807, 2.05) is 0 Å². The summed E-state index contributed by atoms with van der Waals surface area (Å²) in [7, 11) is -3.14. The number of nitrogens with one attached hydrogen (secondary N) is 1. The molecule has 0 spiro atoms.